The lowest BCUT2D eigenvalue weighted by molar-refractivity contribution is -0.148. The Hall–Kier alpha value is -0.860. The molecule has 1 saturated carbocycles. The molecular weight excluding hydrogens is 142 g/mol. The average Bonchev–Trinajstić information content (AvgIpc) is 2.72. The van der Waals surface area contributed by atoms with Crippen LogP contribution >= 0.6 is 0 Å². The number of rotatable bonds is 4. The number of esters is 1. The molecule has 0 bridgehead atoms. The quantitative estimate of drug-likeness (QED) is 0.492. The molecule has 0 spiro atoms. The largest absolute Gasteiger partial charge is 0.462 e. The van der Waals surface area contributed by atoms with Crippen LogP contribution in [0.4, 0.5) is 0 Å². The monoisotopic (exact) mass is 155 g/mol. The van der Waals surface area contributed by atoms with Gasteiger partial charge >= 0.3 is 5.97 Å². The van der Waals surface area contributed by atoms with Crippen molar-refractivity contribution in [2.75, 3.05) is 0 Å². The van der Waals surface area contributed by atoms with Gasteiger partial charge in [-0.2, -0.15) is 0 Å². The van der Waals surface area contributed by atoms with Gasteiger partial charge in [0.2, 0.25) is 0 Å². The molecule has 0 heterocycles. The van der Waals surface area contributed by atoms with Gasteiger partial charge in [0.05, 0.1) is 5.92 Å². The molecule has 0 amide bonds. The summed E-state index contributed by atoms with van der Waals surface area (Å²) in [6, 6.07) is 0. The number of hydrogen-bond donors (Lipinski definition) is 1. The first kappa shape index (κ1) is 8.24. The Morgan fingerprint density at radius 1 is 1.82 bits per heavy atom. The summed E-state index contributed by atoms with van der Waals surface area (Å²) in [6.07, 6.45) is 3.96. The second-order valence-electron chi connectivity index (χ2n) is 2.98. The molecule has 0 aromatic carbocycles. The molecule has 0 aliphatic heterocycles. The van der Waals surface area contributed by atoms with Gasteiger partial charge < -0.3 is 10.1 Å². The highest BCUT2D eigenvalue weighted by Crippen LogP contribution is 2.24. The minimum absolute atomic E-state index is 0.145. The van der Waals surface area contributed by atoms with E-state index in [1.165, 1.54) is 6.21 Å². The highest BCUT2D eigenvalue weighted by molar-refractivity contribution is 5.75. The fourth-order valence-corrected chi connectivity index (χ4v) is 0.739. The number of carbonyl (C=O) groups is 1. The summed E-state index contributed by atoms with van der Waals surface area (Å²) in [5, 5.41) is 6.79. The fraction of sp³-hybridized carbons (Fsp3) is 0.750. The number of nitrogens with one attached hydrogen (secondary N) is 1. The van der Waals surface area contributed by atoms with E-state index in [0.717, 1.165) is 12.8 Å². The van der Waals surface area contributed by atoms with Crippen molar-refractivity contribution in [2.45, 2.75) is 32.3 Å². The van der Waals surface area contributed by atoms with Crippen LogP contribution in [0.25, 0.3) is 0 Å². The number of carbonyl (C=O) groups excluding carboxylic acids is 1. The third-order valence-corrected chi connectivity index (χ3v) is 1.68. The SMILES string of the molecule is C[C@H](CC=N)C(=O)OC1CC1. The molecule has 0 unspecified atom stereocenters. The van der Waals surface area contributed by atoms with E-state index in [4.69, 9.17) is 10.1 Å². The molecule has 3 heteroatoms. The molecule has 1 N–H and O–H groups in total. The Morgan fingerprint density at radius 2 is 2.45 bits per heavy atom. The Morgan fingerprint density at radius 3 is 2.91 bits per heavy atom. The van der Waals surface area contributed by atoms with Crippen LogP contribution in [-0.2, 0) is 9.53 Å². The molecule has 1 fully saturated rings. The third kappa shape index (κ3) is 2.70. The Bertz CT molecular complexity index is 163. The molecule has 0 aromatic heterocycles. The van der Waals surface area contributed by atoms with Crippen molar-refractivity contribution in [2.24, 2.45) is 5.92 Å². The van der Waals surface area contributed by atoms with Gasteiger partial charge in [0.1, 0.15) is 6.10 Å². The van der Waals surface area contributed by atoms with Crippen molar-refractivity contribution in [1.29, 1.82) is 5.41 Å². The maximum absolute atomic E-state index is 11.1. The van der Waals surface area contributed by atoms with Gasteiger partial charge in [0.15, 0.2) is 0 Å². The van der Waals surface area contributed by atoms with Gasteiger partial charge in [-0.25, -0.2) is 0 Å². The summed E-state index contributed by atoms with van der Waals surface area (Å²) in [6.45, 7) is 1.79. The zero-order valence-electron chi connectivity index (χ0n) is 6.67. The lowest BCUT2D eigenvalue weighted by atomic mass is 10.1. The van der Waals surface area contributed by atoms with Crippen molar-refractivity contribution in [3.8, 4) is 0 Å². The van der Waals surface area contributed by atoms with Crippen LogP contribution in [0.15, 0.2) is 0 Å². The Kier molecular flexibility index (Phi) is 2.63. The average molecular weight is 155 g/mol. The molecule has 1 aliphatic rings. The van der Waals surface area contributed by atoms with E-state index in [9.17, 15) is 4.79 Å². The van der Waals surface area contributed by atoms with Crippen molar-refractivity contribution >= 4 is 12.2 Å². The zero-order chi connectivity index (χ0) is 8.27. The molecule has 11 heavy (non-hydrogen) atoms. The van der Waals surface area contributed by atoms with Crippen molar-refractivity contribution in [1.82, 2.24) is 0 Å². The highest BCUT2D eigenvalue weighted by Gasteiger charge is 2.27. The summed E-state index contributed by atoms with van der Waals surface area (Å²) < 4.78 is 5.03. The van der Waals surface area contributed by atoms with E-state index in [2.05, 4.69) is 0 Å². The van der Waals surface area contributed by atoms with Crippen molar-refractivity contribution in [3.05, 3.63) is 0 Å². The fourth-order valence-electron chi connectivity index (χ4n) is 0.739. The molecule has 62 valence electrons. The molecule has 0 radical (unpaired) electrons. The second-order valence-corrected chi connectivity index (χ2v) is 2.98. The van der Waals surface area contributed by atoms with Gasteiger partial charge in [0.25, 0.3) is 0 Å². The number of ether oxygens (including phenoxy) is 1. The summed E-state index contributed by atoms with van der Waals surface area (Å²) in [5.74, 6) is -0.302. The van der Waals surface area contributed by atoms with E-state index < -0.39 is 0 Å². The van der Waals surface area contributed by atoms with E-state index in [1.807, 2.05) is 0 Å². The first-order valence-electron chi connectivity index (χ1n) is 3.93. The summed E-state index contributed by atoms with van der Waals surface area (Å²) in [5.41, 5.74) is 0. The molecule has 0 aromatic rings. The first-order chi connectivity index (χ1) is 5.24. The molecule has 0 saturated heterocycles. The van der Waals surface area contributed by atoms with Crippen LogP contribution in [0.1, 0.15) is 26.2 Å². The third-order valence-electron chi connectivity index (χ3n) is 1.68. The maximum atomic E-state index is 11.1. The predicted molar refractivity (Wildman–Crippen MR) is 41.7 cm³/mol. The first-order valence-corrected chi connectivity index (χ1v) is 3.93. The molecule has 3 nitrogen and oxygen atoms in total. The summed E-state index contributed by atoms with van der Waals surface area (Å²) in [7, 11) is 0. The van der Waals surface area contributed by atoms with Crippen LogP contribution in [-0.4, -0.2) is 18.3 Å². The molecule has 1 aliphatic carbocycles. The number of hydrogen-bond acceptors (Lipinski definition) is 3. The van der Waals surface area contributed by atoms with Crippen LogP contribution < -0.4 is 0 Å². The van der Waals surface area contributed by atoms with Gasteiger partial charge in [0, 0.05) is 0 Å². The molecule has 1 rings (SSSR count). The van der Waals surface area contributed by atoms with E-state index >= 15 is 0 Å². The minimum Gasteiger partial charge on any atom is -0.462 e. The van der Waals surface area contributed by atoms with Crippen LogP contribution in [0.5, 0.6) is 0 Å². The van der Waals surface area contributed by atoms with E-state index in [-0.39, 0.29) is 18.0 Å². The van der Waals surface area contributed by atoms with Crippen molar-refractivity contribution in [3.63, 3.8) is 0 Å². The Labute approximate surface area is 66.2 Å². The molecule has 1 atom stereocenters. The van der Waals surface area contributed by atoms with Crippen molar-refractivity contribution < 1.29 is 9.53 Å². The lowest BCUT2D eigenvalue weighted by Crippen LogP contribution is -2.15. The zero-order valence-corrected chi connectivity index (χ0v) is 6.67. The maximum Gasteiger partial charge on any atom is 0.309 e. The van der Waals surface area contributed by atoms with E-state index in [1.54, 1.807) is 6.92 Å². The van der Waals surface area contributed by atoms with Crippen LogP contribution in [0.3, 0.4) is 0 Å². The standard InChI is InChI=1S/C8H13NO2/c1-6(4-5-9)8(10)11-7-2-3-7/h5-7,9H,2-4H2,1H3/t6-/m1/s1. The highest BCUT2D eigenvalue weighted by atomic mass is 16.5. The van der Waals surface area contributed by atoms with Gasteiger partial charge in [-0.1, -0.05) is 6.92 Å². The topological polar surface area (TPSA) is 50.2 Å². The van der Waals surface area contributed by atoms with Crippen LogP contribution in [0.2, 0.25) is 0 Å². The predicted octanol–water partition coefficient (Wildman–Crippen LogP) is 1.37. The Balaban J connectivity index is 2.20. The van der Waals surface area contributed by atoms with Gasteiger partial charge in [-0.05, 0) is 25.5 Å². The lowest BCUT2D eigenvalue weighted by Gasteiger charge is -2.07. The minimum atomic E-state index is -0.156. The van der Waals surface area contributed by atoms with Gasteiger partial charge in [-0.15, -0.1) is 0 Å². The van der Waals surface area contributed by atoms with Gasteiger partial charge in [-0.3, -0.25) is 4.79 Å². The normalized spacial score (nSPS) is 19.0. The second kappa shape index (κ2) is 3.51. The summed E-state index contributed by atoms with van der Waals surface area (Å²) >= 11 is 0. The van der Waals surface area contributed by atoms with E-state index in [0.29, 0.717) is 6.42 Å². The summed E-state index contributed by atoms with van der Waals surface area (Å²) in [4.78, 5) is 11.1. The molecular formula is C8H13NO2. The van der Waals surface area contributed by atoms with Crippen LogP contribution in [0, 0.1) is 11.3 Å². The smallest absolute Gasteiger partial charge is 0.309 e.